The maximum atomic E-state index is 6.40. The summed E-state index contributed by atoms with van der Waals surface area (Å²) in [6, 6.07) is 10.3. The van der Waals surface area contributed by atoms with Crippen LogP contribution in [0.3, 0.4) is 0 Å². The summed E-state index contributed by atoms with van der Waals surface area (Å²) in [6.45, 7) is 14.9. The topological polar surface area (TPSA) is 18.5 Å². The van der Waals surface area contributed by atoms with Crippen molar-refractivity contribution in [3.8, 4) is 0 Å². The molecule has 0 aliphatic heterocycles. The second-order valence-electron chi connectivity index (χ2n) is 6.91. The number of rotatable bonds is 7. The van der Waals surface area contributed by atoms with Crippen LogP contribution in [0.1, 0.15) is 39.7 Å². The van der Waals surface area contributed by atoms with Crippen LogP contribution in [-0.4, -0.2) is 21.0 Å². The molecule has 1 aromatic rings. The number of ether oxygens (including phenoxy) is 1. The van der Waals surface area contributed by atoms with E-state index in [-0.39, 0.29) is 11.1 Å². The molecular weight excluding hydrogens is 264 g/mol. The lowest BCUT2D eigenvalue weighted by atomic mass is 10.2. The third kappa shape index (κ3) is 5.39. The molecule has 2 nitrogen and oxygen atoms in total. The largest absolute Gasteiger partial charge is 0.412 e. The molecule has 3 heteroatoms. The van der Waals surface area contributed by atoms with Gasteiger partial charge in [0.25, 0.3) is 0 Å². The van der Waals surface area contributed by atoms with E-state index in [1.807, 2.05) is 18.2 Å². The fraction of sp³-hybridized carbons (Fsp3) is 0.647. The Balaban J connectivity index is 2.44. The van der Waals surface area contributed by atoms with Crippen LogP contribution in [0.5, 0.6) is 0 Å². The van der Waals surface area contributed by atoms with Gasteiger partial charge in [0.05, 0.1) is 19.3 Å². The molecular formula is C17H30O2Si. The van der Waals surface area contributed by atoms with Crippen molar-refractivity contribution in [3.05, 3.63) is 35.9 Å². The minimum atomic E-state index is -1.70. The van der Waals surface area contributed by atoms with Crippen LogP contribution < -0.4 is 0 Å². The van der Waals surface area contributed by atoms with Gasteiger partial charge in [-0.2, -0.15) is 0 Å². The average molecular weight is 295 g/mol. The smallest absolute Gasteiger partial charge is 0.192 e. The zero-order valence-corrected chi connectivity index (χ0v) is 14.9. The molecule has 0 unspecified atom stereocenters. The Morgan fingerprint density at radius 1 is 1.10 bits per heavy atom. The molecule has 0 spiro atoms. The van der Waals surface area contributed by atoms with Crippen LogP contribution in [0.2, 0.25) is 18.1 Å². The summed E-state index contributed by atoms with van der Waals surface area (Å²) in [5.74, 6) is 0. The molecule has 0 radical (unpaired) electrons. The third-order valence-corrected chi connectivity index (χ3v) is 8.67. The highest BCUT2D eigenvalue weighted by Crippen LogP contribution is 2.37. The van der Waals surface area contributed by atoms with Gasteiger partial charge in [0.15, 0.2) is 8.32 Å². The standard InChI is InChI=1S/C17H30O2Si/c1-7-16(19-20(5,6)17(2,3)4)14-18-13-15-11-9-8-10-12-15/h8-12,16H,7,13-14H2,1-6H3/t16-/m1/s1. The van der Waals surface area contributed by atoms with Crippen molar-refractivity contribution in [2.45, 2.75) is 65.0 Å². The van der Waals surface area contributed by atoms with Crippen molar-refractivity contribution < 1.29 is 9.16 Å². The Bertz CT molecular complexity index is 382. The minimum absolute atomic E-state index is 0.208. The molecule has 0 saturated heterocycles. The number of benzene rings is 1. The van der Waals surface area contributed by atoms with E-state index in [9.17, 15) is 0 Å². The van der Waals surface area contributed by atoms with Gasteiger partial charge in [-0.05, 0) is 30.1 Å². The molecule has 1 aromatic carbocycles. The zero-order valence-electron chi connectivity index (χ0n) is 13.9. The Morgan fingerprint density at radius 2 is 1.70 bits per heavy atom. The average Bonchev–Trinajstić information content (AvgIpc) is 2.37. The highest BCUT2D eigenvalue weighted by molar-refractivity contribution is 6.74. The molecule has 1 rings (SSSR count). The predicted molar refractivity (Wildman–Crippen MR) is 88.5 cm³/mol. The highest BCUT2D eigenvalue weighted by Gasteiger charge is 2.38. The van der Waals surface area contributed by atoms with Crippen molar-refractivity contribution in [2.24, 2.45) is 0 Å². The molecule has 0 fully saturated rings. The van der Waals surface area contributed by atoms with Crippen LogP contribution in [0, 0.1) is 0 Å². The fourth-order valence-corrected chi connectivity index (χ4v) is 3.13. The second kappa shape index (κ2) is 7.39. The van der Waals surface area contributed by atoms with Crippen LogP contribution in [-0.2, 0) is 15.8 Å². The van der Waals surface area contributed by atoms with Gasteiger partial charge >= 0.3 is 0 Å². The van der Waals surface area contributed by atoms with E-state index in [0.29, 0.717) is 13.2 Å². The van der Waals surface area contributed by atoms with Crippen LogP contribution in [0.25, 0.3) is 0 Å². The van der Waals surface area contributed by atoms with E-state index in [0.717, 1.165) is 6.42 Å². The summed E-state index contributed by atoms with van der Waals surface area (Å²) >= 11 is 0. The van der Waals surface area contributed by atoms with E-state index < -0.39 is 8.32 Å². The zero-order chi connectivity index (χ0) is 15.2. The molecule has 0 N–H and O–H groups in total. The van der Waals surface area contributed by atoms with Crippen LogP contribution >= 0.6 is 0 Å². The normalized spacial score (nSPS) is 14.3. The SMILES string of the molecule is CC[C@H](COCc1ccccc1)O[Si](C)(C)C(C)(C)C. The lowest BCUT2D eigenvalue weighted by molar-refractivity contribution is 0.0328. The summed E-state index contributed by atoms with van der Waals surface area (Å²) in [5, 5.41) is 0.250. The van der Waals surface area contributed by atoms with Gasteiger partial charge in [0.2, 0.25) is 0 Å². The van der Waals surface area contributed by atoms with Gasteiger partial charge in [0, 0.05) is 0 Å². The van der Waals surface area contributed by atoms with Gasteiger partial charge in [-0.1, -0.05) is 58.0 Å². The van der Waals surface area contributed by atoms with Crippen LogP contribution in [0.4, 0.5) is 0 Å². The van der Waals surface area contributed by atoms with Gasteiger partial charge < -0.3 is 9.16 Å². The highest BCUT2D eigenvalue weighted by atomic mass is 28.4. The molecule has 0 aliphatic rings. The van der Waals surface area contributed by atoms with Gasteiger partial charge in [-0.3, -0.25) is 0 Å². The summed E-state index contributed by atoms with van der Waals surface area (Å²) in [5.41, 5.74) is 1.22. The number of hydrogen-bond acceptors (Lipinski definition) is 2. The third-order valence-electron chi connectivity index (χ3n) is 4.14. The van der Waals surface area contributed by atoms with Gasteiger partial charge in [-0.25, -0.2) is 0 Å². The van der Waals surface area contributed by atoms with Gasteiger partial charge in [0.1, 0.15) is 0 Å². The van der Waals surface area contributed by atoms with Crippen molar-refractivity contribution >= 4 is 8.32 Å². The van der Waals surface area contributed by atoms with E-state index in [1.165, 1.54) is 5.56 Å². The monoisotopic (exact) mass is 294 g/mol. The fourth-order valence-electron chi connectivity index (χ4n) is 1.71. The molecule has 0 aromatic heterocycles. The van der Waals surface area contributed by atoms with Crippen molar-refractivity contribution in [2.75, 3.05) is 6.61 Å². The van der Waals surface area contributed by atoms with Crippen molar-refractivity contribution in [1.29, 1.82) is 0 Å². The lowest BCUT2D eigenvalue weighted by Gasteiger charge is -2.39. The quantitative estimate of drug-likeness (QED) is 0.659. The predicted octanol–water partition coefficient (Wildman–Crippen LogP) is 5.00. The molecule has 0 bridgehead atoms. The Morgan fingerprint density at radius 3 is 2.20 bits per heavy atom. The molecule has 0 heterocycles. The molecule has 1 atom stereocenters. The lowest BCUT2D eigenvalue weighted by Crippen LogP contribution is -2.44. The summed E-state index contributed by atoms with van der Waals surface area (Å²) in [4.78, 5) is 0. The first-order valence-electron chi connectivity index (χ1n) is 7.56. The first-order valence-corrected chi connectivity index (χ1v) is 10.5. The first-order chi connectivity index (χ1) is 9.26. The molecule has 0 saturated carbocycles. The van der Waals surface area contributed by atoms with Gasteiger partial charge in [-0.15, -0.1) is 0 Å². The summed E-state index contributed by atoms with van der Waals surface area (Å²) in [7, 11) is -1.70. The Kier molecular flexibility index (Phi) is 6.43. The van der Waals surface area contributed by atoms with E-state index in [1.54, 1.807) is 0 Å². The molecule has 0 amide bonds. The second-order valence-corrected chi connectivity index (χ2v) is 11.7. The Labute approximate surface area is 125 Å². The van der Waals surface area contributed by atoms with E-state index in [4.69, 9.17) is 9.16 Å². The first kappa shape index (κ1) is 17.4. The maximum absolute atomic E-state index is 6.40. The van der Waals surface area contributed by atoms with Crippen molar-refractivity contribution in [1.82, 2.24) is 0 Å². The summed E-state index contributed by atoms with van der Waals surface area (Å²) < 4.78 is 12.2. The molecule has 114 valence electrons. The van der Waals surface area contributed by atoms with E-state index >= 15 is 0 Å². The minimum Gasteiger partial charge on any atom is -0.412 e. The maximum Gasteiger partial charge on any atom is 0.192 e. The van der Waals surface area contributed by atoms with Crippen LogP contribution in [0.15, 0.2) is 30.3 Å². The van der Waals surface area contributed by atoms with E-state index in [2.05, 4.69) is 52.9 Å². The molecule has 0 aliphatic carbocycles. The number of hydrogen-bond donors (Lipinski definition) is 0. The molecule has 20 heavy (non-hydrogen) atoms. The summed E-state index contributed by atoms with van der Waals surface area (Å²) in [6.07, 6.45) is 1.21. The van der Waals surface area contributed by atoms with Crippen molar-refractivity contribution in [3.63, 3.8) is 0 Å². The Hall–Kier alpha value is -0.643.